The van der Waals surface area contributed by atoms with Crippen LogP contribution in [0, 0.1) is 0 Å². The Balaban J connectivity index is 1.16. The van der Waals surface area contributed by atoms with Crippen molar-refractivity contribution in [2.45, 2.75) is 142 Å². The van der Waals surface area contributed by atoms with Gasteiger partial charge in [0.2, 0.25) is 0 Å². The lowest BCUT2D eigenvalue weighted by Gasteiger charge is -2.43. The van der Waals surface area contributed by atoms with E-state index in [1.807, 2.05) is 0 Å². The number of nitrogens with zero attached hydrogens (tertiary/aromatic N) is 2. The zero-order valence-corrected chi connectivity index (χ0v) is 42.4. The van der Waals surface area contributed by atoms with Gasteiger partial charge >= 0.3 is 6.85 Å². The summed E-state index contributed by atoms with van der Waals surface area (Å²) in [5, 5.41) is 2.69. The standard InChI is InChI=1S/C64H65BN2/c1-59(2,3)36-19-22-38(23-20-36)67-56-35-50-42(43-31-51-52(34-49(43)64(50,13)14)62(9,10)28-27-61(51,7)8)30-45(56)40-24-25-41-46-32-48-44(39-17-15-16-18-47(39)63(48,11)12)33-55(46)66-54-26-21-37(60(4,5)6)29-53(54)65(67)57(40)58(41)66/h15-26,29-35H,27-28H2,1-14H3. The summed E-state index contributed by atoms with van der Waals surface area (Å²) >= 11 is 0. The lowest BCUT2D eigenvalue weighted by atomic mass is 9.43. The van der Waals surface area contributed by atoms with Crippen LogP contribution < -0.4 is 15.7 Å². The third kappa shape index (κ3) is 5.30. The molecule has 0 unspecified atom stereocenters. The Morgan fingerprint density at radius 1 is 0.448 bits per heavy atom. The van der Waals surface area contributed by atoms with Gasteiger partial charge in [-0.05, 0) is 166 Å². The molecule has 7 aromatic carbocycles. The Labute approximate surface area is 399 Å². The Morgan fingerprint density at radius 2 is 1.04 bits per heavy atom. The molecule has 0 fully saturated rings. The molecule has 2 nitrogen and oxygen atoms in total. The minimum atomic E-state index is -0.165. The van der Waals surface area contributed by atoms with Gasteiger partial charge in [-0.25, -0.2) is 0 Å². The maximum Gasteiger partial charge on any atom is 0.333 e. The van der Waals surface area contributed by atoms with Gasteiger partial charge in [-0.2, -0.15) is 0 Å². The molecule has 0 amide bonds. The first-order chi connectivity index (χ1) is 31.5. The van der Waals surface area contributed by atoms with Crippen molar-refractivity contribution in [3.05, 3.63) is 160 Å². The van der Waals surface area contributed by atoms with Crippen molar-refractivity contribution in [1.82, 2.24) is 4.57 Å². The van der Waals surface area contributed by atoms with Gasteiger partial charge in [0.25, 0.3) is 0 Å². The molecule has 0 saturated carbocycles. The van der Waals surface area contributed by atoms with E-state index in [2.05, 4.69) is 222 Å². The van der Waals surface area contributed by atoms with Crippen molar-refractivity contribution in [1.29, 1.82) is 0 Å². The van der Waals surface area contributed by atoms with Gasteiger partial charge in [0.05, 0.1) is 11.0 Å². The van der Waals surface area contributed by atoms with Crippen LogP contribution in [0.3, 0.4) is 0 Å². The largest absolute Gasteiger partial charge is 0.376 e. The van der Waals surface area contributed by atoms with Crippen LogP contribution in [0.2, 0.25) is 0 Å². The van der Waals surface area contributed by atoms with Gasteiger partial charge in [0, 0.05) is 44.2 Å². The molecule has 5 aliphatic rings. The zero-order chi connectivity index (χ0) is 46.9. The van der Waals surface area contributed by atoms with Gasteiger partial charge < -0.3 is 9.38 Å². The van der Waals surface area contributed by atoms with E-state index in [0.717, 1.165) is 0 Å². The molecule has 0 radical (unpaired) electrons. The van der Waals surface area contributed by atoms with E-state index in [-0.39, 0.29) is 39.3 Å². The monoisotopic (exact) mass is 873 g/mol. The average molecular weight is 873 g/mol. The molecule has 2 aliphatic heterocycles. The first-order valence-electron chi connectivity index (χ1n) is 25.2. The van der Waals surface area contributed by atoms with Gasteiger partial charge in [-0.15, -0.1) is 0 Å². The van der Waals surface area contributed by atoms with Crippen LogP contribution in [0.1, 0.15) is 154 Å². The predicted molar refractivity (Wildman–Crippen MR) is 288 cm³/mol. The van der Waals surface area contributed by atoms with E-state index in [9.17, 15) is 0 Å². The summed E-state index contributed by atoms with van der Waals surface area (Å²) in [5.74, 6) is 0. The molecule has 0 N–H and O–H groups in total. The number of benzene rings is 7. The van der Waals surface area contributed by atoms with Crippen molar-refractivity contribution in [3.63, 3.8) is 0 Å². The van der Waals surface area contributed by atoms with Crippen LogP contribution in [0.25, 0.3) is 60.9 Å². The van der Waals surface area contributed by atoms with Crippen LogP contribution in [-0.4, -0.2) is 11.4 Å². The number of fused-ring (bicyclic) bond motifs is 15. The number of rotatable bonds is 1. The molecule has 3 heterocycles. The number of hydrogen-bond acceptors (Lipinski definition) is 1. The van der Waals surface area contributed by atoms with Gasteiger partial charge in [-0.3, -0.25) is 0 Å². The van der Waals surface area contributed by atoms with Gasteiger partial charge in [-0.1, -0.05) is 164 Å². The third-order valence-electron chi connectivity index (χ3n) is 18.0. The molecular weight excluding hydrogens is 808 g/mol. The maximum atomic E-state index is 2.76. The van der Waals surface area contributed by atoms with E-state index in [4.69, 9.17) is 0 Å². The Hall–Kier alpha value is -5.80. The number of aromatic nitrogens is 1. The molecule has 3 aliphatic carbocycles. The smallest absolute Gasteiger partial charge is 0.333 e. The van der Waals surface area contributed by atoms with Crippen LogP contribution in [0.4, 0.5) is 11.4 Å². The molecule has 8 aromatic rings. The first-order valence-corrected chi connectivity index (χ1v) is 25.2. The Morgan fingerprint density at radius 3 is 1.75 bits per heavy atom. The molecule has 13 rings (SSSR count). The second kappa shape index (κ2) is 12.6. The summed E-state index contributed by atoms with van der Waals surface area (Å²) in [6, 6.07) is 46.8. The van der Waals surface area contributed by atoms with E-state index < -0.39 is 0 Å². The van der Waals surface area contributed by atoms with Crippen LogP contribution in [0.15, 0.2) is 115 Å². The summed E-state index contributed by atoms with van der Waals surface area (Å²) < 4.78 is 2.67. The third-order valence-corrected chi connectivity index (χ3v) is 18.0. The lowest BCUT2D eigenvalue weighted by Crippen LogP contribution is -2.60. The Bertz CT molecular complexity index is 3540. The minimum Gasteiger partial charge on any atom is -0.376 e. The molecule has 334 valence electrons. The van der Waals surface area contributed by atoms with E-state index >= 15 is 0 Å². The van der Waals surface area contributed by atoms with Gasteiger partial charge in [0.1, 0.15) is 0 Å². The fourth-order valence-electron chi connectivity index (χ4n) is 13.7. The highest BCUT2D eigenvalue weighted by molar-refractivity contribution is 6.93. The first kappa shape index (κ1) is 41.4. The molecule has 0 spiro atoms. The number of hydrogen-bond donors (Lipinski definition) is 0. The summed E-state index contributed by atoms with van der Waals surface area (Å²) in [7, 11) is 0. The van der Waals surface area contributed by atoms with Crippen LogP contribution >= 0.6 is 0 Å². The molecular formula is C64H65BN2. The molecule has 0 atom stereocenters. The highest BCUT2D eigenvalue weighted by atomic mass is 15.1. The SMILES string of the molecule is CC(C)(C)c1ccc(N2B3c4cc(C(C)(C)C)ccc4-n4c5cc6c(cc5c5ccc(c3c54)-c3cc4c(cc32)C(C)(C)c2cc3c(cc2-4)C(C)(C)CCC3(C)C)C(C)(C)c2ccccc2-6)cc1. The predicted octanol–water partition coefficient (Wildman–Crippen LogP) is 15.6. The summed E-state index contributed by atoms with van der Waals surface area (Å²) in [6.45, 7) is 33.7. The van der Waals surface area contributed by atoms with Crippen molar-refractivity contribution in [2.24, 2.45) is 0 Å². The highest BCUT2D eigenvalue weighted by Crippen LogP contribution is 2.58. The second-order valence-electron chi connectivity index (χ2n) is 25.7. The molecule has 0 bridgehead atoms. The van der Waals surface area contributed by atoms with E-state index in [1.165, 1.54) is 135 Å². The molecule has 3 heteroatoms. The summed E-state index contributed by atoms with van der Waals surface area (Å²) in [6.07, 6.45) is 2.42. The van der Waals surface area contributed by atoms with Crippen LogP contribution in [0.5, 0.6) is 0 Å². The van der Waals surface area contributed by atoms with Crippen LogP contribution in [-0.2, 0) is 32.5 Å². The van der Waals surface area contributed by atoms with Crippen molar-refractivity contribution < 1.29 is 0 Å². The van der Waals surface area contributed by atoms with E-state index in [0.29, 0.717) is 0 Å². The minimum absolute atomic E-state index is 0.0241. The molecule has 1 aromatic heterocycles. The van der Waals surface area contributed by atoms with Crippen molar-refractivity contribution in [3.8, 4) is 39.1 Å². The second-order valence-corrected chi connectivity index (χ2v) is 25.7. The fraction of sp³-hybridized carbons (Fsp3) is 0.344. The van der Waals surface area contributed by atoms with E-state index in [1.54, 1.807) is 5.56 Å². The summed E-state index contributed by atoms with van der Waals surface area (Å²) in [4.78, 5) is 2.76. The normalized spacial score (nSPS) is 18.3. The highest BCUT2D eigenvalue weighted by Gasteiger charge is 2.48. The summed E-state index contributed by atoms with van der Waals surface area (Å²) in [5.41, 5.74) is 29.1. The molecule has 0 saturated heterocycles. The topological polar surface area (TPSA) is 8.17 Å². The zero-order valence-electron chi connectivity index (χ0n) is 42.4. The van der Waals surface area contributed by atoms with Crippen molar-refractivity contribution in [2.75, 3.05) is 4.81 Å². The Kier molecular flexibility index (Phi) is 7.81. The number of anilines is 2. The molecule has 67 heavy (non-hydrogen) atoms. The fourth-order valence-corrected chi connectivity index (χ4v) is 13.7. The quantitative estimate of drug-likeness (QED) is 0.149. The lowest BCUT2D eigenvalue weighted by molar-refractivity contribution is 0.331. The van der Waals surface area contributed by atoms with Crippen molar-refractivity contribution >= 4 is 51.0 Å². The average Bonchev–Trinajstić information content (AvgIpc) is 3.81. The van der Waals surface area contributed by atoms with Gasteiger partial charge in [0.15, 0.2) is 0 Å². The maximum absolute atomic E-state index is 2.76.